The third kappa shape index (κ3) is 3.10. The summed E-state index contributed by atoms with van der Waals surface area (Å²) in [4.78, 5) is 0. The fraction of sp³-hybridized carbons (Fsp3) is 0.625. The summed E-state index contributed by atoms with van der Waals surface area (Å²) in [5, 5.41) is 0. The molecule has 0 spiro atoms. The molecule has 1 aromatic rings. The first-order valence-electron chi connectivity index (χ1n) is 6.95. The lowest BCUT2D eigenvalue weighted by molar-refractivity contribution is 0.368. The Bertz CT molecular complexity index is 353. The number of aryl methyl sites for hydroxylation is 2. The highest BCUT2D eigenvalue weighted by Crippen LogP contribution is 2.30. The first-order valence-corrected chi connectivity index (χ1v) is 6.95. The Kier molecular flexibility index (Phi) is 3.88. The van der Waals surface area contributed by atoms with Crippen molar-refractivity contribution in [3.05, 3.63) is 34.9 Å². The van der Waals surface area contributed by atoms with Crippen LogP contribution in [-0.4, -0.2) is 5.54 Å². The highest BCUT2D eigenvalue weighted by Gasteiger charge is 2.27. The predicted molar refractivity (Wildman–Crippen MR) is 74.2 cm³/mol. The monoisotopic (exact) mass is 231 g/mol. The average Bonchev–Trinajstić information content (AvgIpc) is 2.49. The molecule has 0 aliphatic heterocycles. The Morgan fingerprint density at radius 3 is 2.06 bits per heavy atom. The van der Waals surface area contributed by atoms with Crippen molar-refractivity contribution in [2.45, 2.75) is 64.3 Å². The lowest BCUT2D eigenvalue weighted by Crippen LogP contribution is -2.41. The van der Waals surface area contributed by atoms with Gasteiger partial charge in [-0.1, -0.05) is 43.9 Å². The van der Waals surface area contributed by atoms with Gasteiger partial charge in [0.2, 0.25) is 0 Å². The molecule has 0 amide bonds. The van der Waals surface area contributed by atoms with Crippen molar-refractivity contribution in [1.29, 1.82) is 0 Å². The molecule has 0 radical (unpaired) electrons. The molecule has 17 heavy (non-hydrogen) atoms. The van der Waals surface area contributed by atoms with Crippen LogP contribution < -0.4 is 5.73 Å². The van der Waals surface area contributed by atoms with Gasteiger partial charge in [-0.25, -0.2) is 0 Å². The van der Waals surface area contributed by atoms with E-state index in [2.05, 4.69) is 32.0 Å². The smallest absolute Gasteiger partial charge is 0.0195 e. The van der Waals surface area contributed by atoms with Crippen LogP contribution in [0.25, 0.3) is 0 Å². The van der Waals surface area contributed by atoms with Crippen LogP contribution in [0, 0.1) is 13.8 Å². The van der Waals surface area contributed by atoms with E-state index >= 15 is 0 Å². The van der Waals surface area contributed by atoms with Crippen molar-refractivity contribution in [2.75, 3.05) is 0 Å². The predicted octanol–water partition coefficient (Wildman–Crippen LogP) is 3.90. The molecule has 0 unspecified atom stereocenters. The normalized spacial score (nSPS) is 19.9. The van der Waals surface area contributed by atoms with Crippen LogP contribution in [0.1, 0.15) is 55.2 Å². The van der Waals surface area contributed by atoms with Crippen molar-refractivity contribution < 1.29 is 0 Å². The summed E-state index contributed by atoms with van der Waals surface area (Å²) in [6, 6.07) is 6.56. The molecule has 0 aromatic heterocycles. The third-order valence-electron chi connectivity index (χ3n) is 4.27. The molecule has 94 valence electrons. The van der Waals surface area contributed by atoms with Gasteiger partial charge in [-0.05, 0) is 49.8 Å². The largest absolute Gasteiger partial charge is 0.325 e. The summed E-state index contributed by atoms with van der Waals surface area (Å²) < 4.78 is 0. The quantitative estimate of drug-likeness (QED) is 0.768. The molecule has 1 aliphatic rings. The molecule has 1 aromatic carbocycles. The molecule has 1 heteroatoms. The summed E-state index contributed by atoms with van der Waals surface area (Å²) in [5.74, 6) is 0. The van der Waals surface area contributed by atoms with Gasteiger partial charge in [-0.15, -0.1) is 0 Å². The molecule has 1 fully saturated rings. The van der Waals surface area contributed by atoms with Gasteiger partial charge < -0.3 is 5.73 Å². The van der Waals surface area contributed by atoms with E-state index in [1.165, 1.54) is 55.2 Å². The van der Waals surface area contributed by atoms with E-state index in [4.69, 9.17) is 5.73 Å². The van der Waals surface area contributed by atoms with E-state index in [1.807, 2.05) is 0 Å². The van der Waals surface area contributed by atoms with Gasteiger partial charge >= 0.3 is 0 Å². The highest BCUT2D eigenvalue weighted by molar-refractivity contribution is 5.35. The van der Waals surface area contributed by atoms with Crippen LogP contribution >= 0.6 is 0 Å². The van der Waals surface area contributed by atoms with Crippen LogP contribution in [0.5, 0.6) is 0 Å². The molecule has 0 heterocycles. The highest BCUT2D eigenvalue weighted by atomic mass is 14.7. The van der Waals surface area contributed by atoms with Gasteiger partial charge in [0, 0.05) is 5.54 Å². The molecule has 0 saturated heterocycles. The minimum atomic E-state index is 0.0490. The lowest BCUT2D eigenvalue weighted by Gasteiger charge is -2.29. The molecule has 2 rings (SSSR count). The number of benzene rings is 1. The number of rotatable bonds is 2. The van der Waals surface area contributed by atoms with Crippen molar-refractivity contribution in [3.8, 4) is 0 Å². The Labute approximate surface area is 105 Å². The second kappa shape index (κ2) is 5.22. The van der Waals surface area contributed by atoms with E-state index < -0.39 is 0 Å². The van der Waals surface area contributed by atoms with Gasteiger partial charge in [-0.3, -0.25) is 0 Å². The van der Waals surface area contributed by atoms with E-state index in [9.17, 15) is 0 Å². The molecular formula is C16H25N. The van der Waals surface area contributed by atoms with Crippen molar-refractivity contribution >= 4 is 0 Å². The van der Waals surface area contributed by atoms with E-state index in [0.29, 0.717) is 0 Å². The fourth-order valence-electron chi connectivity index (χ4n) is 3.09. The molecule has 0 bridgehead atoms. The van der Waals surface area contributed by atoms with Crippen molar-refractivity contribution in [2.24, 2.45) is 5.73 Å². The zero-order chi connectivity index (χ0) is 12.3. The summed E-state index contributed by atoms with van der Waals surface area (Å²) >= 11 is 0. The topological polar surface area (TPSA) is 26.0 Å². The van der Waals surface area contributed by atoms with Gasteiger partial charge in [0.15, 0.2) is 0 Å². The van der Waals surface area contributed by atoms with E-state index in [-0.39, 0.29) is 5.54 Å². The number of hydrogen-bond acceptors (Lipinski definition) is 1. The minimum Gasteiger partial charge on any atom is -0.325 e. The van der Waals surface area contributed by atoms with Gasteiger partial charge in [0.05, 0.1) is 0 Å². The first-order chi connectivity index (χ1) is 8.11. The standard InChI is InChI=1S/C16H25N/c1-13-8-7-9-14(2)15(13)12-16(17)10-5-3-4-6-11-16/h7-9H,3-6,10-12,17H2,1-2H3. The summed E-state index contributed by atoms with van der Waals surface area (Å²) in [7, 11) is 0. The summed E-state index contributed by atoms with van der Waals surface area (Å²) in [6.45, 7) is 4.42. The molecule has 2 N–H and O–H groups in total. The third-order valence-corrected chi connectivity index (χ3v) is 4.27. The molecular weight excluding hydrogens is 206 g/mol. The number of nitrogens with two attached hydrogens (primary N) is 1. The molecule has 0 atom stereocenters. The maximum atomic E-state index is 6.63. The molecule has 1 saturated carbocycles. The van der Waals surface area contributed by atoms with Crippen molar-refractivity contribution in [3.63, 3.8) is 0 Å². The van der Waals surface area contributed by atoms with E-state index in [1.54, 1.807) is 0 Å². The summed E-state index contributed by atoms with van der Waals surface area (Å²) in [5.41, 5.74) is 11.0. The maximum absolute atomic E-state index is 6.63. The molecule has 1 aliphatic carbocycles. The zero-order valence-corrected chi connectivity index (χ0v) is 11.3. The van der Waals surface area contributed by atoms with Crippen LogP contribution in [0.2, 0.25) is 0 Å². The Balaban J connectivity index is 2.18. The Hall–Kier alpha value is -0.820. The van der Waals surface area contributed by atoms with Crippen LogP contribution in [-0.2, 0) is 6.42 Å². The summed E-state index contributed by atoms with van der Waals surface area (Å²) in [6.07, 6.45) is 8.80. The van der Waals surface area contributed by atoms with Crippen LogP contribution in [0.3, 0.4) is 0 Å². The zero-order valence-electron chi connectivity index (χ0n) is 11.3. The Morgan fingerprint density at radius 1 is 1.00 bits per heavy atom. The second-order valence-corrected chi connectivity index (χ2v) is 5.82. The first kappa shape index (κ1) is 12.6. The average molecular weight is 231 g/mol. The van der Waals surface area contributed by atoms with Crippen molar-refractivity contribution in [1.82, 2.24) is 0 Å². The van der Waals surface area contributed by atoms with Crippen LogP contribution in [0.15, 0.2) is 18.2 Å². The SMILES string of the molecule is Cc1cccc(C)c1CC1(N)CCCCCC1. The van der Waals surface area contributed by atoms with Gasteiger partial charge in [0.25, 0.3) is 0 Å². The Morgan fingerprint density at radius 2 is 1.53 bits per heavy atom. The minimum absolute atomic E-state index is 0.0490. The lowest BCUT2D eigenvalue weighted by atomic mass is 9.82. The van der Waals surface area contributed by atoms with Crippen LogP contribution in [0.4, 0.5) is 0 Å². The number of hydrogen-bond donors (Lipinski definition) is 1. The second-order valence-electron chi connectivity index (χ2n) is 5.82. The maximum Gasteiger partial charge on any atom is 0.0195 e. The van der Waals surface area contributed by atoms with Gasteiger partial charge in [-0.2, -0.15) is 0 Å². The molecule has 1 nitrogen and oxygen atoms in total. The van der Waals surface area contributed by atoms with Gasteiger partial charge in [0.1, 0.15) is 0 Å². The van der Waals surface area contributed by atoms with E-state index in [0.717, 1.165) is 6.42 Å². The fourth-order valence-corrected chi connectivity index (χ4v) is 3.09.